The lowest BCUT2D eigenvalue weighted by molar-refractivity contribution is -0.137. The summed E-state index contributed by atoms with van der Waals surface area (Å²) >= 11 is 5.74. The van der Waals surface area contributed by atoms with Gasteiger partial charge in [-0.3, -0.25) is 0 Å². The Morgan fingerprint density at radius 3 is 2.24 bits per heavy atom. The number of halogens is 4. The monoisotopic (exact) mass is 326 g/mol. The van der Waals surface area contributed by atoms with Gasteiger partial charge in [0.1, 0.15) is 0 Å². The second-order valence-corrected chi connectivity index (χ2v) is 5.21. The fourth-order valence-electron chi connectivity index (χ4n) is 1.98. The van der Waals surface area contributed by atoms with Crippen LogP contribution in [0.15, 0.2) is 18.2 Å². The van der Waals surface area contributed by atoms with E-state index in [4.69, 9.17) is 26.8 Å². The van der Waals surface area contributed by atoms with E-state index >= 15 is 0 Å². The summed E-state index contributed by atoms with van der Waals surface area (Å²) in [6, 6.07) is 3.20. The molecule has 4 nitrogen and oxygen atoms in total. The number of ether oxygens (including phenoxy) is 2. The van der Waals surface area contributed by atoms with Crippen LogP contribution >= 0.6 is 11.6 Å². The average molecular weight is 327 g/mol. The van der Waals surface area contributed by atoms with E-state index in [0.717, 1.165) is 12.1 Å². The zero-order valence-corrected chi connectivity index (χ0v) is 12.7. The Morgan fingerprint density at radius 2 is 1.81 bits per heavy atom. The molecule has 21 heavy (non-hydrogen) atoms. The van der Waals surface area contributed by atoms with Crippen LogP contribution in [0.2, 0.25) is 5.02 Å². The molecule has 0 aliphatic rings. The summed E-state index contributed by atoms with van der Waals surface area (Å²) in [5.74, 6) is 0. The van der Waals surface area contributed by atoms with Crippen molar-refractivity contribution in [3.63, 3.8) is 0 Å². The lowest BCUT2D eigenvalue weighted by atomic mass is 10.0. The Labute approximate surface area is 126 Å². The largest absolute Gasteiger partial charge is 0.416 e. The van der Waals surface area contributed by atoms with E-state index in [-0.39, 0.29) is 17.3 Å². The number of hydrogen-bond donors (Lipinski definition) is 2. The van der Waals surface area contributed by atoms with Crippen LogP contribution in [0, 0.1) is 0 Å². The molecular weight excluding hydrogens is 309 g/mol. The van der Waals surface area contributed by atoms with Gasteiger partial charge in [-0.05, 0) is 25.1 Å². The zero-order chi connectivity index (χ0) is 16.3. The van der Waals surface area contributed by atoms with E-state index in [1.807, 2.05) is 0 Å². The van der Waals surface area contributed by atoms with Gasteiger partial charge in [0.15, 0.2) is 6.29 Å². The predicted molar refractivity (Wildman–Crippen MR) is 75.3 cm³/mol. The van der Waals surface area contributed by atoms with E-state index in [0.29, 0.717) is 0 Å². The van der Waals surface area contributed by atoms with Crippen LogP contribution in [0.4, 0.5) is 18.9 Å². The number of anilines is 1. The smallest absolute Gasteiger partial charge is 0.374 e. The summed E-state index contributed by atoms with van der Waals surface area (Å²) in [5, 5.41) is 2.87. The third kappa shape index (κ3) is 4.47. The summed E-state index contributed by atoms with van der Waals surface area (Å²) in [6.07, 6.45) is -5.22. The Kier molecular flexibility index (Phi) is 5.86. The number of alkyl halides is 3. The minimum Gasteiger partial charge on any atom is -0.374 e. The molecule has 0 amide bonds. The first-order valence-electron chi connectivity index (χ1n) is 6.08. The normalized spacial score (nSPS) is 15.1. The summed E-state index contributed by atoms with van der Waals surface area (Å²) in [5.41, 5.74) is 4.11. The van der Waals surface area contributed by atoms with Crippen molar-refractivity contribution in [3.05, 3.63) is 28.8 Å². The van der Waals surface area contributed by atoms with Crippen LogP contribution < -0.4 is 11.1 Å². The van der Waals surface area contributed by atoms with Crippen molar-refractivity contribution in [2.45, 2.75) is 24.9 Å². The van der Waals surface area contributed by atoms with E-state index < -0.39 is 23.6 Å². The maximum Gasteiger partial charge on any atom is 0.416 e. The van der Waals surface area contributed by atoms with Gasteiger partial charge in [-0.25, -0.2) is 0 Å². The van der Waals surface area contributed by atoms with E-state index in [9.17, 15) is 13.2 Å². The zero-order valence-electron chi connectivity index (χ0n) is 11.9. The molecule has 0 aliphatic heterocycles. The molecule has 8 heteroatoms. The van der Waals surface area contributed by atoms with Gasteiger partial charge in [-0.2, -0.15) is 13.2 Å². The third-order valence-corrected chi connectivity index (χ3v) is 3.25. The van der Waals surface area contributed by atoms with Crippen LogP contribution in [0.25, 0.3) is 0 Å². The summed E-state index contributed by atoms with van der Waals surface area (Å²) in [7, 11) is 2.84. The van der Waals surface area contributed by atoms with Gasteiger partial charge in [-0.1, -0.05) is 11.6 Å². The number of rotatable bonds is 6. The minimum atomic E-state index is -4.48. The van der Waals surface area contributed by atoms with Crippen molar-refractivity contribution < 1.29 is 22.6 Å². The maximum atomic E-state index is 12.8. The Morgan fingerprint density at radius 1 is 1.24 bits per heavy atom. The summed E-state index contributed by atoms with van der Waals surface area (Å²) in [6.45, 7) is 1.76. The molecule has 0 radical (unpaired) electrons. The quantitative estimate of drug-likeness (QED) is 0.789. The molecule has 0 fully saturated rings. The first-order valence-corrected chi connectivity index (χ1v) is 6.45. The highest BCUT2D eigenvalue weighted by Gasteiger charge is 2.35. The molecule has 0 aromatic heterocycles. The van der Waals surface area contributed by atoms with Crippen LogP contribution in [0.5, 0.6) is 0 Å². The molecule has 1 atom stereocenters. The van der Waals surface area contributed by atoms with Gasteiger partial charge >= 0.3 is 6.18 Å². The lowest BCUT2D eigenvalue weighted by Crippen LogP contribution is -2.54. The Balaban J connectivity index is 3.13. The van der Waals surface area contributed by atoms with Crippen molar-refractivity contribution >= 4 is 17.3 Å². The highest BCUT2D eigenvalue weighted by molar-refractivity contribution is 6.30. The number of benzene rings is 1. The fourth-order valence-corrected chi connectivity index (χ4v) is 2.21. The van der Waals surface area contributed by atoms with Gasteiger partial charge < -0.3 is 20.5 Å². The van der Waals surface area contributed by atoms with Crippen molar-refractivity contribution in [2.75, 3.05) is 26.1 Å². The number of hydrogen-bond acceptors (Lipinski definition) is 4. The highest BCUT2D eigenvalue weighted by Crippen LogP contribution is 2.34. The molecular formula is C13H18ClF3N2O2. The van der Waals surface area contributed by atoms with Gasteiger partial charge in [0.2, 0.25) is 0 Å². The summed E-state index contributed by atoms with van der Waals surface area (Å²) < 4.78 is 48.7. The van der Waals surface area contributed by atoms with Crippen LogP contribution in [0.1, 0.15) is 12.5 Å². The standard InChI is InChI=1S/C13H18ClF3N2O2/c1-12(7-18,11(20-2)21-3)19-10-5-8(13(15,16)17)4-9(14)6-10/h4-6,11,19H,7,18H2,1-3H3. The summed E-state index contributed by atoms with van der Waals surface area (Å²) in [4.78, 5) is 0. The molecule has 1 aromatic rings. The number of nitrogens with two attached hydrogens (primary N) is 1. The predicted octanol–water partition coefficient (Wildman–Crippen LogP) is 3.11. The molecule has 0 heterocycles. The van der Waals surface area contributed by atoms with Crippen molar-refractivity contribution in [1.29, 1.82) is 0 Å². The van der Waals surface area contributed by atoms with Crippen molar-refractivity contribution in [3.8, 4) is 0 Å². The second kappa shape index (κ2) is 6.83. The van der Waals surface area contributed by atoms with Gasteiger partial charge in [0, 0.05) is 31.5 Å². The van der Waals surface area contributed by atoms with Crippen LogP contribution in [0.3, 0.4) is 0 Å². The van der Waals surface area contributed by atoms with Gasteiger partial charge in [0.25, 0.3) is 0 Å². The lowest BCUT2D eigenvalue weighted by Gasteiger charge is -2.36. The molecule has 3 N–H and O–H groups in total. The molecule has 1 rings (SSSR count). The number of methoxy groups -OCH3 is 2. The average Bonchev–Trinajstić information content (AvgIpc) is 2.38. The minimum absolute atomic E-state index is 0.0296. The molecule has 0 aliphatic carbocycles. The molecule has 120 valence electrons. The Hall–Kier alpha value is -1.02. The van der Waals surface area contributed by atoms with Crippen molar-refractivity contribution in [2.24, 2.45) is 5.73 Å². The van der Waals surface area contributed by atoms with Crippen LogP contribution in [-0.2, 0) is 15.7 Å². The van der Waals surface area contributed by atoms with Crippen molar-refractivity contribution in [1.82, 2.24) is 0 Å². The molecule has 1 unspecified atom stereocenters. The third-order valence-electron chi connectivity index (χ3n) is 3.03. The molecule has 0 saturated carbocycles. The first kappa shape index (κ1) is 18.0. The second-order valence-electron chi connectivity index (χ2n) is 4.78. The van der Waals surface area contributed by atoms with Gasteiger partial charge in [0.05, 0.1) is 11.1 Å². The maximum absolute atomic E-state index is 12.8. The van der Waals surface area contributed by atoms with Gasteiger partial charge in [-0.15, -0.1) is 0 Å². The SMILES string of the molecule is COC(OC)C(C)(CN)Nc1cc(Cl)cc(C(F)(F)F)c1. The number of nitrogens with one attached hydrogen (secondary N) is 1. The molecule has 0 spiro atoms. The molecule has 1 aromatic carbocycles. The van der Waals surface area contributed by atoms with E-state index in [1.165, 1.54) is 20.3 Å². The molecule has 0 saturated heterocycles. The highest BCUT2D eigenvalue weighted by atomic mass is 35.5. The fraction of sp³-hybridized carbons (Fsp3) is 0.538. The molecule has 0 bridgehead atoms. The van der Waals surface area contributed by atoms with E-state index in [2.05, 4.69) is 5.32 Å². The topological polar surface area (TPSA) is 56.5 Å². The van der Waals surface area contributed by atoms with Crippen LogP contribution in [-0.4, -0.2) is 32.6 Å². The van der Waals surface area contributed by atoms with E-state index in [1.54, 1.807) is 6.92 Å². The first-order chi connectivity index (χ1) is 9.66. The Bertz CT molecular complexity index is 481.